The summed E-state index contributed by atoms with van der Waals surface area (Å²) in [5, 5.41) is 2.79. The summed E-state index contributed by atoms with van der Waals surface area (Å²) in [4.78, 5) is 13.7. The van der Waals surface area contributed by atoms with Crippen molar-refractivity contribution in [2.24, 2.45) is 0 Å². The molecule has 1 N–H and O–H groups in total. The number of ether oxygens (including phenoxy) is 5. The van der Waals surface area contributed by atoms with Crippen LogP contribution in [0.4, 0.5) is 14.5 Å². The second-order valence-corrected chi connectivity index (χ2v) is 10.8. The third kappa shape index (κ3) is 7.16. The van der Waals surface area contributed by atoms with E-state index in [1.807, 2.05) is 0 Å². The van der Waals surface area contributed by atoms with Gasteiger partial charge in [0.1, 0.15) is 0 Å². The Labute approximate surface area is 242 Å². The molecule has 1 saturated heterocycles. The van der Waals surface area contributed by atoms with Crippen LogP contribution in [0.2, 0.25) is 0 Å². The molecule has 0 saturated carbocycles. The summed E-state index contributed by atoms with van der Waals surface area (Å²) in [7, 11) is 0.554. The maximum atomic E-state index is 13.6. The summed E-state index contributed by atoms with van der Waals surface area (Å²) in [5.41, 5.74) is 1.46. The molecule has 10 nitrogen and oxygen atoms in total. The SMILES string of the molecule is COc1ccc(/C(=C/c2ccc(OC(F)F)c(OC)c2)C(=O)Nc2ccc(S(=O)(=O)N3CCOCC3)cc2)cc1OC. The smallest absolute Gasteiger partial charge is 0.387 e. The third-order valence-corrected chi connectivity index (χ3v) is 8.29. The number of carbonyl (C=O) groups is 1. The van der Waals surface area contributed by atoms with Crippen LogP contribution in [0.25, 0.3) is 11.6 Å². The first-order chi connectivity index (χ1) is 20.2. The Kier molecular flexibility index (Phi) is 9.99. The van der Waals surface area contributed by atoms with Gasteiger partial charge in [0.25, 0.3) is 5.91 Å². The minimum atomic E-state index is -3.71. The zero-order valence-electron chi connectivity index (χ0n) is 23.1. The number of rotatable bonds is 11. The molecule has 0 radical (unpaired) electrons. The standard InChI is InChI=1S/C29H30F2N2O8S/c1-37-24-11-5-20(18-27(24)39-3)23(16-19-4-10-25(41-29(30)31)26(17-19)38-2)28(34)32-21-6-8-22(9-7-21)42(35,36)33-12-14-40-15-13-33/h4-11,16-18,29H,12-15H2,1-3H3,(H,32,34)/b23-16-. The lowest BCUT2D eigenvalue weighted by atomic mass is 10.0. The molecular weight excluding hydrogens is 574 g/mol. The van der Waals surface area contributed by atoms with E-state index in [2.05, 4.69) is 10.1 Å². The van der Waals surface area contributed by atoms with Crippen LogP contribution in [-0.2, 0) is 19.6 Å². The Hall–Kier alpha value is -4.20. The molecule has 1 amide bonds. The molecular formula is C29H30F2N2O8S. The molecule has 1 aliphatic heterocycles. The molecule has 3 aromatic carbocycles. The van der Waals surface area contributed by atoms with Gasteiger partial charge >= 0.3 is 6.61 Å². The lowest BCUT2D eigenvalue weighted by Gasteiger charge is -2.26. The number of alkyl halides is 2. The van der Waals surface area contributed by atoms with Crippen molar-refractivity contribution in [2.45, 2.75) is 11.5 Å². The highest BCUT2D eigenvalue weighted by Gasteiger charge is 2.26. The number of nitrogens with one attached hydrogen (secondary N) is 1. The number of sulfonamides is 1. The van der Waals surface area contributed by atoms with Gasteiger partial charge in [-0.1, -0.05) is 12.1 Å². The van der Waals surface area contributed by atoms with Crippen molar-refractivity contribution in [3.8, 4) is 23.0 Å². The van der Waals surface area contributed by atoms with E-state index in [1.165, 1.54) is 68.1 Å². The van der Waals surface area contributed by atoms with Crippen LogP contribution in [0.15, 0.2) is 65.6 Å². The molecule has 1 heterocycles. The number of amides is 1. The van der Waals surface area contributed by atoms with E-state index in [0.29, 0.717) is 41.5 Å². The van der Waals surface area contributed by atoms with Crippen LogP contribution in [0, 0.1) is 0 Å². The van der Waals surface area contributed by atoms with Crippen LogP contribution >= 0.6 is 0 Å². The molecule has 42 heavy (non-hydrogen) atoms. The van der Waals surface area contributed by atoms with Gasteiger partial charge in [-0.05, 0) is 65.7 Å². The summed E-state index contributed by atoms with van der Waals surface area (Å²) in [6, 6.07) is 15.0. The van der Waals surface area contributed by atoms with Crippen LogP contribution in [0.5, 0.6) is 23.0 Å². The van der Waals surface area contributed by atoms with E-state index in [-0.39, 0.29) is 35.1 Å². The third-order valence-electron chi connectivity index (χ3n) is 6.37. The van der Waals surface area contributed by atoms with E-state index in [0.717, 1.165) is 0 Å². The Morgan fingerprint density at radius 3 is 2.12 bits per heavy atom. The Morgan fingerprint density at radius 2 is 1.50 bits per heavy atom. The zero-order valence-corrected chi connectivity index (χ0v) is 24.0. The molecule has 0 bridgehead atoms. The predicted octanol–water partition coefficient (Wildman–Crippen LogP) is 4.51. The molecule has 224 valence electrons. The molecule has 1 fully saturated rings. The zero-order chi connectivity index (χ0) is 30.3. The van der Waals surface area contributed by atoms with Crippen LogP contribution in [-0.4, -0.2) is 72.9 Å². The number of hydrogen-bond donors (Lipinski definition) is 1. The van der Waals surface area contributed by atoms with Gasteiger partial charge in [-0.25, -0.2) is 8.42 Å². The molecule has 13 heteroatoms. The van der Waals surface area contributed by atoms with Gasteiger partial charge in [0.15, 0.2) is 23.0 Å². The first-order valence-corrected chi connectivity index (χ1v) is 14.2. The van der Waals surface area contributed by atoms with Gasteiger partial charge in [0, 0.05) is 24.4 Å². The number of hydrogen-bond acceptors (Lipinski definition) is 8. The van der Waals surface area contributed by atoms with Crippen molar-refractivity contribution >= 4 is 33.3 Å². The van der Waals surface area contributed by atoms with Gasteiger partial charge in [-0.3, -0.25) is 4.79 Å². The predicted molar refractivity (Wildman–Crippen MR) is 152 cm³/mol. The van der Waals surface area contributed by atoms with Gasteiger partial charge in [-0.15, -0.1) is 0 Å². The lowest BCUT2D eigenvalue weighted by molar-refractivity contribution is -0.111. The van der Waals surface area contributed by atoms with Crippen LogP contribution in [0.1, 0.15) is 11.1 Å². The van der Waals surface area contributed by atoms with Gasteiger partial charge in [0.05, 0.1) is 39.4 Å². The van der Waals surface area contributed by atoms with E-state index in [9.17, 15) is 22.0 Å². The Balaban J connectivity index is 1.67. The van der Waals surface area contributed by atoms with Crippen molar-refractivity contribution in [1.29, 1.82) is 0 Å². The van der Waals surface area contributed by atoms with Gasteiger partial charge in [0.2, 0.25) is 10.0 Å². The molecule has 0 aromatic heterocycles. The highest BCUT2D eigenvalue weighted by Crippen LogP contribution is 2.34. The second kappa shape index (κ2) is 13.6. The molecule has 0 aliphatic carbocycles. The Morgan fingerprint density at radius 1 is 0.881 bits per heavy atom. The lowest BCUT2D eigenvalue weighted by Crippen LogP contribution is -2.40. The number of nitrogens with zero attached hydrogens (tertiary/aromatic N) is 1. The van der Waals surface area contributed by atoms with Crippen molar-refractivity contribution in [2.75, 3.05) is 52.9 Å². The van der Waals surface area contributed by atoms with E-state index < -0.39 is 22.5 Å². The van der Waals surface area contributed by atoms with Crippen molar-refractivity contribution in [3.05, 3.63) is 71.8 Å². The highest BCUT2D eigenvalue weighted by atomic mass is 32.2. The van der Waals surface area contributed by atoms with Crippen molar-refractivity contribution in [3.63, 3.8) is 0 Å². The van der Waals surface area contributed by atoms with Crippen molar-refractivity contribution < 1.29 is 45.7 Å². The van der Waals surface area contributed by atoms with Gasteiger partial charge in [-0.2, -0.15) is 13.1 Å². The first kappa shape index (κ1) is 30.8. The number of benzene rings is 3. The Bertz CT molecular complexity index is 1540. The minimum Gasteiger partial charge on any atom is -0.493 e. The van der Waals surface area contributed by atoms with E-state index in [4.69, 9.17) is 18.9 Å². The fourth-order valence-electron chi connectivity index (χ4n) is 4.26. The molecule has 0 unspecified atom stereocenters. The van der Waals surface area contributed by atoms with Crippen molar-refractivity contribution in [1.82, 2.24) is 4.31 Å². The number of methoxy groups -OCH3 is 3. The molecule has 1 aliphatic rings. The topological polar surface area (TPSA) is 113 Å². The first-order valence-electron chi connectivity index (χ1n) is 12.7. The summed E-state index contributed by atoms with van der Waals surface area (Å²) >= 11 is 0. The highest BCUT2D eigenvalue weighted by molar-refractivity contribution is 7.89. The second-order valence-electron chi connectivity index (χ2n) is 8.91. The van der Waals surface area contributed by atoms with Gasteiger partial charge < -0.3 is 29.0 Å². The summed E-state index contributed by atoms with van der Waals surface area (Å²) in [6.45, 7) is -1.86. The van der Waals surface area contributed by atoms with E-state index >= 15 is 0 Å². The molecule has 3 aromatic rings. The fourth-order valence-corrected chi connectivity index (χ4v) is 5.67. The number of anilines is 1. The largest absolute Gasteiger partial charge is 0.493 e. The summed E-state index contributed by atoms with van der Waals surface area (Å²) < 4.78 is 78.5. The minimum absolute atomic E-state index is 0.0492. The quantitative estimate of drug-likeness (QED) is 0.251. The van der Waals surface area contributed by atoms with Crippen LogP contribution in [0.3, 0.4) is 0 Å². The number of halogens is 2. The maximum Gasteiger partial charge on any atom is 0.387 e. The summed E-state index contributed by atoms with van der Waals surface area (Å²) in [6.07, 6.45) is 1.54. The van der Waals surface area contributed by atoms with E-state index in [1.54, 1.807) is 24.3 Å². The van der Waals surface area contributed by atoms with Crippen LogP contribution < -0.4 is 24.3 Å². The fraction of sp³-hybridized carbons (Fsp3) is 0.276. The number of carbonyl (C=O) groups excluding carboxylic acids is 1. The monoisotopic (exact) mass is 604 g/mol. The molecule has 4 rings (SSSR count). The summed E-state index contributed by atoms with van der Waals surface area (Å²) in [5.74, 6) is 0.192. The number of morpholine rings is 1. The molecule has 0 spiro atoms. The normalized spacial score (nSPS) is 14.4. The average molecular weight is 605 g/mol. The average Bonchev–Trinajstić information content (AvgIpc) is 3.00. The maximum absolute atomic E-state index is 13.6. The molecule has 0 atom stereocenters.